The summed E-state index contributed by atoms with van der Waals surface area (Å²) in [5.74, 6) is -1.06. The molecule has 1 amide bonds. The van der Waals surface area contributed by atoms with Crippen molar-refractivity contribution in [3.8, 4) is 5.75 Å². The van der Waals surface area contributed by atoms with Gasteiger partial charge in [0.25, 0.3) is 0 Å². The Bertz CT molecular complexity index is 1270. The van der Waals surface area contributed by atoms with Gasteiger partial charge in [0.05, 0.1) is 5.52 Å². The number of nitrogens with one attached hydrogen (secondary N) is 1. The van der Waals surface area contributed by atoms with Crippen LogP contribution in [0.25, 0.3) is 11.1 Å². The van der Waals surface area contributed by atoms with E-state index in [-0.39, 0.29) is 12.3 Å². The van der Waals surface area contributed by atoms with Gasteiger partial charge in [0.1, 0.15) is 12.3 Å². The number of carbonyl (C=O) groups is 1. The molecular formula is C23H18F2N2O4. The van der Waals surface area contributed by atoms with Crippen LogP contribution in [0.5, 0.6) is 5.75 Å². The number of nitrogens with zero attached hydrogens (tertiary/aromatic N) is 1. The van der Waals surface area contributed by atoms with Gasteiger partial charge in [0.2, 0.25) is 5.91 Å². The standard InChI is InChI=1S/C23H18F2N2O4/c24-22(25)30-19-11-10-17(13-16(19)12-15-6-2-1-3-7-15)26-21(28)14-27-18-8-4-5-9-20(18)31-23(27)29/h1-11,13,22H,12,14H2,(H,26,28). The fourth-order valence-corrected chi connectivity index (χ4v) is 3.33. The molecule has 1 heterocycles. The third-order valence-electron chi connectivity index (χ3n) is 4.67. The van der Waals surface area contributed by atoms with Crippen molar-refractivity contribution in [1.82, 2.24) is 4.57 Å². The highest BCUT2D eigenvalue weighted by Gasteiger charge is 2.15. The minimum absolute atomic E-state index is 0.0360. The molecule has 4 aromatic rings. The van der Waals surface area contributed by atoms with Crippen LogP contribution in [-0.4, -0.2) is 17.1 Å². The fourth-order valence-electron chi connectivity index (χ4n) is 3.33. The van der Waals surface area contributed by atoms with Crippen molar-refractivity contribution in [2.24, 2.45) is 0 Å². The monoisotopic (exact) mass is 424 g/mol. The number of para-hydroxylation sites is 2. The first kappa shape index (κ1) is 20.3. The quantitative estimate of drug-likeness (QED) is 0.477. The highest BCUT2D eigenvalue weighted by molar-refractivity contribution is 5.91. The number of rotatable bonds is 7. The summed E-state index contributed by atoms with van der Waals surface area (Å²) in [4.78, 5) is 24.6. The molecule has 1 N–H and O–H groups in total. The Morgan fingerprint density at radius 2 is 1.77 bits per heavy atom. The molecule has 158 valence electrons. The Balaban J connectivity index is 1.56. The van der Waals surface area contributed by atoms with Crippen LogP contribution in [0.4, 0.5) is 14.5 Å². The number of anilines is 1. The van der Waals surface area contributed by atoms with Crippen LogP contribution in [-0.2, 0) is 17.8 Å². The van der Waals surface area contributed by atoms with E-state index in [2.05, 4.69) is 10.1 Å². The average Bonchev–Trinajstić information content (AvgIpc) is 3.05. The maximum atomic E-state index is 12.8. The van der Waals surface area contributed by atoms with Crippen LogP contribution in [0.3, 0.4) is 0 Å². The van der Waals surface area contributed by atoms with Crippen LogP contribution < -0.4 is 15.8 Å². The second kappa shape index (κ2) is 8.83. The van der Waals surface area contributed by atoms with Gasteiger partial charge < -0.3 is 14.5 Å². The van der Waals surface area contributed by atoms with Crippen molar-refractivity contribution in [3.63, 3.8) is 0 Å². The molecule has 0 unspecified atom stereocenters. The molecule has 0 spiro atoms. The molecule has 0 radical (unpaired) electrons. The van der Waals surface area contributed by atoms with Gasteiger partial charge in [-0.3, -0.25) is 9.36 Å². The van der Waals surface area contributed by atoms with Gasteiger partial charge in [-0.05, 0) is 35.9 Å². The van der Waals surface area contributed by atoms with E-state index in [1.54, 1.807) is 30.3 Å². The summed E-state index contributed by atoms with van der Waals surface area (Å²) in [6.07, 6.45) is 0.346. The van der Waals surface area contributed by atoms with Gasteiger partial charge in [0.15, 0.2) is 5.58 Å². The van der Waals surface area contributed by atoms with Crippen molar-refractivity contribution >= 4 is 22.7 Å². The molecule has 8 heteroatoms. The predicted molar refractivity (Wildman–Crippen MR) is 111 cm³/mol. The Morgan fingerprint density at radius 3 is 2.55 bits per heavy atom. The zero-order chi connectivity index (χ0) is 21.8. The molecule has 4 rings (SSSR count). The van der Waals surface area contributed by atoms with E-state index in [0.717, 1.165) is 5.56 Å². The third kappa shape index (κ3) is 4.80. The van der Waals surface area contributed by atoms with Crippen LogP contribution >= 0.6 is 0 Å². The maximum absolute atomic E-state index is 12.8. The molecule has 0 saturated carbocycles. The molecule has 3 aromatic carbocycles. The maximum Gasteiger partial charge on any atom is 0.420 e. The van der Waals surface area contributed by atoms with Crippen molar-refractivity contribution in [2.45, 2.75) is 19.6 Å². The van der Waals surface area contributed by atoms with Crippen molar-refractivity contribution in [2.75, 3.05) is 5.32 Å². The lowest BCUT2D eigenvalue weighted by atomic mass is 10.0. The summed E-state index contributed by atoms with van der Waals surface area (Å²) in [7, 11) is 0. The smallest absolute Gasteiger partial charge is 0.420 e. The number of aromatic nitrogens is 1. The van der Waals surface area contributed by atoms with Crippen LogP contribution in [0.15, 0.2) is 82.0 Å². The van der Waals surface area contributed by atoms with Crippen molar-refractivity contribution < 1.29 is 22.7 Å². The summed E-state index contributed by atoms with van der Waals surface area (Å²) in [5.41, 5.74) is 2.70. The summed E-state index contributed by atoms with van der Waals surface area (Å²) in [5, 5.41) is 2.70. The van der Waals surface area contributed by atoms with E-state index in [0.29, 0.717) is 28.8 Å². The second-order valence-electron chi connectivity index (χ2n) is 6.83. The highest BCUT2D eigenvalue weighted by atomic mass is 19.3. The minimum Gasteiger partial charge on any atom is -0.435 e. The normalized spacial score (nSPS) is 11.1. The number of benzene rings is 3. The number of ether oxygens (including phenoxy) is 1. The molecular weight excluding hydrogens is 406 g/mol. The molecule has 31 heavy (non-hydrogen) atoms. The number of amides is 1. The zero-order valence-corrected chi connectivity index (χ0v) is 16.3. The number of alkyl halides is 2. The number of hydrogen-bond acceptors (Lipinski definition) is 4. The first-order chi connectivity index (χ1) is 15.0. The SMILES string of the molecule is O=C(Cn1c(=O)oc2ccccc21)Nc1ccc(OC(F)F)c(Cc2ccccc2)c1. The predicted octanol–water partition coefficient (Wildman–Crippen LogP) is 4.43. The van der Waals surface area contributed by atoms with Gasteiger partial charge >= 0.3 is 12.4 Å². The number of halogens is 2. The highest BCUT2D eigenvalue weighted by Crippen LogP contribution is 2.27. The number of hydrogen-bond donors (Lipinski definition) is 1. The van der Waals surface area contributed by atoms with Gasteiger partial charge in [-0.15, -0.1) is 0 Å². The molecule has 6 nitrogen and oxygen atoms in total. The van der Waals surface area contributed by atoms with E-state index in [9.17, 15) is 18.4 Å². The molecule has 0 saturated heterocycles. The third-order valence-corrected chi connectivity index (χ3v) is 4.67. The van der Waals surface area contributed by atoms with E-state index in [1.807, 2.05) is 30.3 Å². The van der Waals surface area contributed by atoms with Crippen LogP contribution in [0, 0.1) is 0 Å². The number of oxazole rings is 1. The Hall–Kier alpha value is -3.94. The van der Waals surface area contributed by atoms with Gasteiger partial charge in [-0.2, -0.15) is 8.78 Å². The Morgan fingerprint density at radius 1 is 1.03 bits per heavy atom. The molecule has 0 aliphatic rings. The summed E-state index contributed by atoms with van der Waals surface area (Å²) in [6, 6.07) is 20.5. The first-order valence-electron chi connectivity index (χ1n) is 9.49. The second-order valence-corrected chi connectivity index (χ2v) is 6.83. The van der Waals surface area contributed by atoms with Crippen molar-refractivity contribution in [3.05, 3.63) is 94.5 Å². The van der Waals surface area contributed by atoms with Gasteiger partial charge in [-0.25, -0.2) is 4.79 Å². The lowest BCUT2D eigenvalue weighted by Crippen LogP contribution is -2.24. The largest absolute Gasteiger partial charge is 0.435 e. The van der Waals surface area contributed by atoms with E-state index in [1.165, 1.54) is 16.7 Å². The topological polar surface area (TPSA) is 73.5 Å². The summed E-state index contributed by atoms with van der Waals surface area (Å²) in [6.45, 7) is -3.21. The lowest BCUT2D eigenvalue weighted by Gasteiger charge is -2.13. The van der Waals surface area contributed by atoms with Crippen molar-refractivity contribution in [1.29, 1.82) is 0 Å². The van der Waals surface area contributed by atoms with E-state index in [4.69, 9.17) is 4.42 Å². The van der Waals surface area contributed by atoms with Crippen LogP contribution in [0.1, 0.15) is 11.1 Å². The number of carbonyl (C=O) groups excluding carboxylic acids is 1. The van der Waals surface area contributed by atoms with Gasteiger partial charge in [0, 0.05) is 17.7 Å². The van der Waals surface area contributed by atoms with Gasteiger partial charge in [-0.1, -0.05) is 42.5 Å². The first-order valence-corrected chi connectivity index (χ1v) is 9.49. The summed E-state index contributed by atoms with van der Waals surface area (Å²) < 4.78 is 36.6. The van der Waals surface area contributed by atoms with E-state index < -0.39 is 18.3 Å². The zero-order valence-electron chi connectivity index (χ0n) is 16.3. The Kier molecular flexibility index (Phi) is 5.79. The number of fused-ring (bicyclic) bond motifs is 1. The molecule has 0 bridgehead atoms. The molecule has 1 aromatic heterocycles. The fraction of sp³-hybridized carbons (Fsp3) is 0.130. The Labute approximate surface area is 175 Å². The summed E-state index contributed by atoms with van der Waals surface area (Å²) >= 11 is 0. The lowest BCUT2D eigenvalue weighted by molar-refractivity contribution is -0.116. The average molecular weight is 424 g/mol. The molecule has 0 aliphatic heterocycles. The molecule has 0 aliphatic carbocycles. The minimum atomic E-state index is -2.96. The molecule has 0 fully saturated rings. The molecule has 0 atom stereocenters. The van der Waals surface area contributed by atoms with Crippen LogP contribution in [0.2, 0.25) is 0 Å². The van der Waals surface area contributed by atoms with E-state index >= 15 is 0 Å².